The van der Waals surface area contributed by atoms with Gasteiger partial charge in [-0.2, -0.15) is 0 Å². The van der Waals surface area contributed by atoms with E-state index < -0.39 is 5.97 Å². The number of carbonyl (C=O) groups is 2. The zero-order chi connectivity index (χ0) is 18.0. The highest BCUT2D eigenvalue weighted by atomic mass is 19.1. The Bertz CT molecular complexity index is 945. The average Bonchev–Trinajstić information content (AvgIpc) is 2.84. The van der Waals surface area contributed by atoms with Crippen LogP contribution in [-0.2, 0) is 16.0 Å². The molecule has 0 bridgehead atoms. The van der Waals surface area contributed by atoms with Crippen LogP contribution < -0.4 is 10.1 Å². The van der Waals surface area contributed by atoms with Crippen LogP contribution in [0.15, 0.2) is 42.5 Å². The maximum absolute atomic E-state index is 13.5. The number of H-pyrrole nitrogens is 1. The number of aromatic amines is 1. The second-order valence-corrected chi connectivity index (χ2v) is 5.77. The summed E-state index contributed by atoms with van der Waals surface area (Å²) in [5.74, 6) is -0.593. The van der Waals surface area contributed by atoms with Gasteiger partial charge in [0.2, 0.25) is 5.91 Å². The van der Waals surface area contributed by atoms with Gasteiger partial charge in [0.05, 0.1) is 6.42 Å². The van der Waals surface area contributed by atoms with Crippen LogP contribution in [-0.4, -0.2) is 16.9 Å². The highest BCUT2D eigenvalue weighted by Crippen LogP contribution is 2.24. The molecule has 2 N–H and O–H groups in total. The van der Waals surface area contributed by atoms with Crippen molar-refractivity contribution in [2.75, 3.05) is 5.32 Å². The van der Waals surface area contributed by atoms with Crippen LogP contribution in [0.4, 0.5) is 10.1 Å². The molecular weight excluding hydrogens is 323 g/mol. The normalized spacial score (nSPS) is 10.7. The van der Waals surface area contributed by atoms with Crippen LogP contribution >= 0.6 is 0 Å². The molecule has 1 amide bonds. The van der Waals surface area contributed by atoms with Gasteiger partial charge in [0, 0.05) is 29.2 Å². The predicted molar refractivity (Wildman–Crippen MR) is 93.1 cm³/mol. The molecule has 0 saturated carbocycles. The Kier molecular flexibility index (Phi) is 4.52. The number of anilines is 1. The summed E-state index contributed by atoms with van der Waals surface area (Å²) in [5, 5.41) is 3.31. The lowest BCUT2D eigenvalue weighted by molar-refractivity contribution is -0.133. The predicted octanol–water partition coefficient (Wildman–Crippen LogP) is 3.72. The van der Waals surface area contributed by atoms with Gasteiger partial charge in [-0.05, 0) is 55.0 Å². The number of esters is 1. The molecule has 0 aliphatic heterocycles. The molecule has 1 heterocycles. The molecule has 0 aliphatic rings. The highest BCUT2D eigenvalue weighted by Gasteiger charge is 2.14. The van der Waals surface area contributed by atoms with Gasteiger partial charge < -0.3 is 15.0 Å². The van der Waals surface area contributed by atoms with Gasteiger partial charge in [-0.15, -0.1) is 0 Å². The van der Waals surface area contributed by atoms with Gasteiger partial charge in [-0.3, -0.25) is 9.59 Å². The van der Waals surface area contributed by atoms with Crippen molar-refractivity contribution in [1.82, 2.24) is 4.98 Å². The van der Waals surface area contributed by atoms with Crippen molar-refractivity contribution in [2.45, 2.75) is 20.3 Å². The minimum atomic E-state index is -0.444. The number of hydrogen-bond acceptors (Lipinski definition) is 3. The minimum absolute atomic E-state index is 0.0305. The summed E-state index contributed by atoms with van der Waals surface area (Å²) < 4.78 is 18.8. The first-order valence-corrected chi connectivity index (χ1v) is 7.77. The molecule has 0 unspecified atom stereocenters. The van der Waals surface area contributed by atoms with Crippen molar-refractivity contribution in [1.29, 1.82) is 0 Å². The van der Waals surface area contributed by atoms with Gasteiger partial charge in [0.15, 0.2) is 0 Å². The Morgan fingerprint density at radius 3 is 2.56 bits per heavy atom. The summed E-state index contributed by atoms with van der Waals surface area (Å²) in [7, 11) is 0. The summed E-state index contributed by atoms with van der Waals surface area (Å²) in [4.78, 5) is 26.3. The molecule has 0 fully saturated rings. The fourth-order valence-electron chi connectivity index (χ4n) is 2.70. The Labute approximate surface area is 143 Å². The first-order chi connectivity index (χ1) is 11.9. The third-order valence-corrected chi connectivity index (χ3v) is 3.81. The van der Waals surface area contributed by atoms with E-state index in [0.29, 0.717) is 16.8 Å². The van der Waals surface area contributed by atoms with Crippen molar-refractivity contribution in [3.05, 3.63) is 59.5 Å². The number of aromatic nitrogens is 1. The van der Waals surface area contributed by atoms with Crippen LogP contribution in [0.5, 0.6) is 5.75 Å². The number of halogens is 1. The van der Waals surface area contributed by atoms with E-state index in [4.69, 9.17) is 4.74 Å². The molecule has 25 heavy (non-hydrogen) atoms. The number of nitrogens with one attached hydrogen (secondary N) is 2. The maximum Gasteiger partial charge on any atom is 0.315 e. The zero-order valence-corrected chi connectivity index (χ0v) is 13.9. The molecule has 0 saturated heterocycles. The first-order valence-electron chi connectivity index (χ1n) is 7.77. The molecular formula is C19H17FN2O3. The molecule has 6 heteroatoms. The quantitative estimate of drug-likeness (QED) is 0.562. The van der Waals surface area contributed by atoms with E-state index in [2.05, 4.69) is 10.3 Å². The number of carbonyl (C=O) groups excluding carboxylic acids is 2. The van der Waals surface area contributed by atoms with E-state index in [-0.39, 0.29) is 18.1 Å². The molecule has 128 valence electrons. The van der Waals surface area contributed by atoms with Crippen LogP contribution in [0.2, 0.25) is 0 Å². The number of aryl methyl sites for hydroxylation is 1. The molecule has 3 aromatic rings. The van der Waals surface area contributed by atoms with Crippen LogP contribution in [0.1, 0.15) is 18.2 Å². The monoisotopic (exact) mass is 340 g/mol. The molecule has 0 spiro atoms. The van der Waals surface area contributed by atoms with Gasteiger partial charge in [-0.1, -0.05) is 0 Å². The van der Waals surface area contributed by atoms with Crippen molar-refractivity contribution >= 4 is 28.5 Å². The standard InChI is InChI=1S/C19H17FN2O3/c1-11-16(17-9-13(20)3-8-18(17)21-11)10-19(24)25-15-6-4-14(5-7-15)22-12(2)23/h3-9,21H,10H2,1-2H3,(H,22,23). The summed E-state index contributed by atoms with van der Waals surface area (Å²) >= 11 is 0. The second-order valence-electron chi connectivity index (χ2n) is 5.77. The van der Waals surface area contributed by atoms with Crippen LogP contribution in [0.25, 0.3) is 10.9 Å². The van der Waals surface area contributed by atoms with E-state index in [0.717, 1.165) is 16.8 Å². The van der Waals surface area contributed by atoms with Crippen LogP contribution in [0.3, 0.4) is 0 Å². The van der Waals surface area contributed by atoms with E-state index in [9.17, 15) is 14.0 Å². The first kappa shape index (κ1) is 16.7. The topological polar surface area (TPSA) is 71.2 Å². The number of rotatable bonds is 4. The summed E-state index contributed by atoms with van der Waals surface area (Å²) in [5.41, 5.74) is 2.92. The maximum atomic E-state index is 13.5. The fraction of sp³-hybridized carbons (Fsp3) is 0.158. The van der Waals surface area contributed by atoms with Crippen molar-refractivity contribution in [2.24, 2.45) is 0 Å². The van der Waals surface area contributed by atoms with Crippen molar-refractivity contribution in [3.63, 3.8) is 0 Å². The largest absolute Gasteiger partial charge is 0.426 e. The average molecular weight is 340 g/mol. The molecule has 0 radical (unpaired) electrons. The summed E-state index contributed by atoms with van der Waals surface area (Å²) in [6.07, 6.45) is 0.0305. The molecule has 2 aromatic carbocycles. The SMILES string of the molecule is CC(=O)Nc1ccc(OC(=O)Cc2c(C)[nH]c3ccc(F)cc23)cc1. The van der Waals surface area contributed by atoms with Crippen molar-refractivity contribution in [3.8, 4) is 5.75 Å². The van der Waals surface area contributed by atoms with Crippen LogP contribution in [0, 0.1) is 12.7 Å². The number of hydrogen-bond donors (Lipinski definition) is 2. The Morgan fingerprint density at radius 1 is 1.16 bits per heavy atom. The van der Waals surface area contributed by atoms with E-state index in [1.54, 1.807) is 30.3 Å². The Balaban J connectivity index is 1.73. The lowest BCUT2D eigenvalue weighted by Gasteiger charge is -2.06. The van der Waals surface area contributed by atoms with E-state index in [1.165, 1.54) is 19.1 Å². The van der Waals surface area contributed by atoms with Gasteiger partial charge >= 0.3 is 5.97 Å². The lowest BCUT2D eigenvalue weighted by atomic mass is 10.1. The minimum Gasteiger partial charge on any atom is -0.426 e. The molecule has 3 rings (SSSR count). The lowest BCUT2D eigenvalue weighted by Crippen LogP contribution is -2.12. The third-order valence-electron chi connectivity index (χ3n) is 3.81. The smallest absolute Gasteiger partial charge is 0.315 e. The zero-order valence-electron chi connectivity index (χ0n) is 13.9. The fourth-order valence-corrected chi connectivity index (χ4v) is 2.70. The number of amides is 1. The number of ether oxygens (including phenoxy) is 1. The van der Waals surface area contributed by atoms with Gasteiger partial charge in [-0.25, -0.2) is 4.39 Å². The summed E-state index contributed by atoms with van der Waals surface area (Å²) in [6, 6.07) is 10.9. The van der Waals surface area contributed by atoms with Crippen molar-refractivity contribution < 1.29 is 18.7 Å². The summed E-state index contributed by atoms with van der Waals surface area (Å²) in [6.45, 7) is 3.25. The van der Waals surface area contributed by atoms with E-state index >= 15 is 0 Å². The third kappa shape index (κ3) is 3.85. The van der Waals surface area contributed by atoms with E-state index in [1.807, 2.05) is 6.92 Å². The molecule has 5 nitrogen and oxygen atoms in total. The highest BCUT2D eigenvalue weighted by molar-refractivity contribution is 5.90. The van der Waals surface area contributed by atoms with Gasteiger partial charge in [0.1, 0.15) is 11.6 Å². The molecule has 1 aromatic heterocycles. The number of fused-ring (bicyclic) bond motifs is 1. The Hall–Kier alpha value is -3.15. The Morgan fingerprint density at radius 2 is 1.88 bits per heavy atom. The van der Waals surface area contributed by atoms with Gasteiger partial charge in [0.25, 0.3) is 0 Å². The second kappa shape index (κ2) is 6.76. The molecule has 0 atom stereocenters. The number of benzene rings is 2. The molecule has 0 aliphatic carbocycles.